The van der Waals surface area contributed by atoms with Crippen LogP contribution in [0.3, 0.4) is 0 Å². The SMILES string of the molecule is CC(C)N(CC(F)(F)F)c1ccc([C@@H](C)O)cn1. The number of alkyl halides is 3. The molecule has 3 nitrogen and oxygen atoms in total. The Morgan fingerprint density at radius 3 is 2.22 bits per heavy atom. The molecule has 0 saturated heterocycles. The molecule has 1 N–H and O–H groups in total. The van der Waals surface area contributed by atoms with E-state index >= 15 is 0 Å². The lowest BCUT2D eigenvalue weighted by Crippen LogP contribution is -2.39. The fourth-order valence-corrected chi connectivity index (χ4v) is 1.54. The summed E-state index contributed by atoms with van der Waals surface area (Å²) < 4.78 is 37.3. The number of rotatable bonds is 4. The van der Waals surface area contributed by atoms with E-state index in [2.05, 4.69) is 4.98 Å². The zero-order chi connectivity index (χ0) is 13.9. The highest BCUT2D eigenvalue weighted by atomic mass is 19.4. The number of nitrogens with zero attached hydrogens (tertiary/aromatic N) is 2. The molecule has 1 aromatic heterocycles. The maximum atomic E-state index is 12.4. The normalized spacial score (nSPS) is 13.8. The molecule has 6 heteroatoms. The molecule has 0 aliphatic rings. The van der Waals surface area contributed by atoms with E-state index in [9.17, 15) is 18.3 Å². The van der Waals surface area contributed by atoms with Crippen molar-refractivity contribution in [1.29, 1.82) is 0 Å². The van der Waals surface area contributed by atoms with Crippen molar-refractivity contribution in [2.24, 2.45) is 0 Å². The molecular weight excluding hydrogens is 245 g/mol. The van der Waals surface area contributed by atoms with Gasteiger partial charge in [-0.05, 0) is 32.4 Å². The molecule has 1 aromatic rings. The minimum atomic E-state index is -4.27. The lowest BCUT2D eigenvalue weighted by molar-refractivity contribution is -0.120. The summed E-state index contributed by atoms with van der Waals surface area (Å²) in [6.07, 6.45) is -3.55. The van der Waals surface area contributed by atoms with Crippen LogP contribution in [0.1, 0.15) is 32.4 Å². The summed E-state index contributed by atoms with van der Waals surface area (Å²) in [6, 6.07) is 2.77. The first kappa shape index (κ1) is 14.8. The maximum Gasteiger partial charge on any atom is 0.405 e. The van der Waals surface area contributed by atoms with E-state index in [1.165, 1.54) is 17.2 Å². The quantitative estimate of drug-likeness (QED) is 0.906. The van der Waals surface area contributed by atoms with E-state index < -0.39 is 18.8 Å². The van der Waals surface area contributed by atoms with E-state index in [1.54, 1.807) is 26.8 Å². The van der Waals surface area contributed by atoms with Gasteiger partial charge in [0.15, 0.2) is 0 Å². The Bertz CT molecular complexity index is 374. The van der Waals surface area contributed by atoms with Gasteiger partial charge in [-0.15, -0.1) is 0 Å². The number of aromatic nitrogens is 1. The smallest absolute Gasteiger partial charge is 0.389 e. The van der Waals surface area contributed by atoms with E-state index in [-0.39, 0.29) is 11.9 Å². The largest absolute Gasteiger partial charge is 0.405 e. The minimum absolute atomic E-state index is 0.256. The number of pyridine rings is 1. The number of aliphatic hydroxyl groups is 1. The van der Waals surface area contributed by atoms with Gasteiger partial charge in [0.2, 0.25) is 0 Å². The Morgan fingerprint density at radius 1 is 1.28 bits per heavy atom. The molecule has 0 aliphatic carbocycles. The molecule has 0 amide bonds. The van der Waals surface area contributed by atoms with Crippen molar-refractivity contribution in [1.82, 2.24) is 4.98 Å². The molecule has 1 atom stereocenters. The van der Waals surface area contributed by atoms with Gasteiger partial charge in [-0.25, -0.2) is 4.98 Å². The molecule has 102 valence electrons. The Kier molecular flexibility index (Phi) is 4.56. The van der Waals surface area contributed by atoms with Gasteiger partial charge in [0, 0.05) is 12.2 Å². The monoisotopic (exact) mass is 262 g/mol. The molecule has 1 heterocycles. The highest BCUT2D eigenvalue weighted by Crippen LogP contribution is 2.23. The summed E-state index contributed by atoms with van der Waals surface area (Å²) in [5.41, 5.74) is 0.578. The van der Waals surface area contributed by atoms with Gasteiger partial charge in [0.25, 0.3) is 0 Å². The number of anilines is 1. The highest BCUT2D eigenvalue weighted by Gasteiger charge is 2.32. The first-order valence-corrected chi connectivity index (χ1v) is 5.68. The third-order valence-corrected chi connectivity index (χ3v) is 2.52. The minimum Gasteiger partial charge on any atom is -0.389 e. The molecule has 18 heavy (non-hydrogen) atoms. The van der Waals surface area contributed by atoms with Crippen molar-refractivity contribution in [3.05, 3.63) is 23.9 Å². The summed E-state index contributed by atoms with van der Waals surface area (Å²) in [6.45, 7) is 3.89. The lowest BCUT2D eigenvalue weighted by Gasteiger charge is -2.28. The van der Waals surface area contributed by atoms with E-state index in [0.29, 0.717) is 5.56 Å². The van der Waals surface area contributed by atoms with Gasteiger partial charge in [-0.3, -0.25) is 0 Å². The summed E-state index contributed by atoms with van der Waals surface area (Å²) in [5.74, 6) is 0.256. The Balaban J connectivity index is 2.93. The van der Waals surface area contributed by atoms with Crippen molar-refractivity contribution < 1.29 is 18.3 Å². The average molecular weight is 262 g/mol. The topological polar surface area (TPSA) is 36.4 Å². The first-order valence-electron chi connectivity index (χ1n) is 5.68. The van der Waals surface area contributed by atoms with Gasteiger partial charge in [0.1, 0.15) is 12.4 Å². The lowest BCUT2D eigenvalue weighted by atomic mass is 10.2. The van der Waals surface area contributed by atoms with E-state index in [0.717, 1.165) is 0 Å². The molecule has 0 saturated carbocycles. The van der Waals surface area contributed by atoms with Gasteiger partial charge in [-0.1, -0.05) is 6.07 Å². The number of hydrogen-bond donors (Lipinski definition) is 1. The zero-order valence-corrected chi connectivity index (χ0v) is 10.6. The molecule has 0 spiro atoms. The summed E-state index contributed by atoms with van der Waals surface area (Å²) in [4.78, 5) is 5.14. The Hall–Kier alpha value is -1.30. The first-order chi connectivity index (χ1) is 8.20. The van der Waals surface area contributed by atoms with E-state index in [4.69, 9.17) is 0 Å². The van der Waals surface area contributed by atoms with Crippen LogP contribution in [0, 0.1) is 0 Å². The molecule has 0 unspecified atom stereocenters. The van der Waals surface area contributed by atoms with Crippen molar-refractivity contribution in [3.63, 3.8) is 0 Å². The molecule has 0 radical (unpaired) electrons. The summed E-state index contributed by atoms with van der Waals surface area (Å²) in [5, 5.41) is 9.32. The van der Waals surface area contributed by atoms with Crippen molar-refractivity contribution in [3.8, 4) is 0 Å². The number of aliphatic hydroxyl groups excluding tert-OH is 1. The predicted molar refractivity (Wildman–Crippen MR) is 63.4 cm³/mol. The molecule has 0 fully saturated rings. The van der Waals surface area contributed by atoms with Gasteiger partial charge in [0.05, 0.1) is 6.10 Å². The standard InChI is InChI=1S/C12H17F3N2O/c1-8(2)17(7-12(13,14)15)11-5-4-10(6-16-11)9(3)18/h4-6,8-9,18H,7H2,1-3H3/t9-/m1/s1. The second kappa shape index (κ2) is 5.56. The zero-order valence-electron chi connectivity index (χ0n) is 10.6. The van der Waals surface area contributed by atoms with Crippen molar-refractivity contribution in [2.75, 3.05) is 11.4 Å². The second-order valence-electron chi connectivity index (χ2n) is 4.46. The fourth-order valence-electron chi connectivity index (χ4n) is 1.54. The van der Waals surface area contributed by atoms with Gasteiger partial charge < -0.3 is 10.0 Å². The molecule has 0 bridgehead atoms. The third kappa shape index (κ3) is 4.18. The summed E-state index contributed by atoms with van der Waals surface area (Å²) >= 11 is 0. The van der Waals surface area contributed by atoms with Gasteiger partial charge >= 0.3 is 6.18 Å². The fraction of sp³-hybridized carbons (Fsp3) is 0.583. The molecular formula is C12H17F3N2O. The van der Waals surface area contributed by atoms with Crippen molar-refractivity contribution in [2.45, 2.75) is 39.1 Å². The van der Waals surface area contributed by atoms with Crippen LogP contribution in [0.5, 0.6) is 0 Å². The third-order valence-electron chi connectivity index (χ3n) is 2.52. The number of hydrogen-bond acceptors (Lipinski definition) is 3. The van der Waals surface area contributed by atoms with Crippen LogP contribution in [0.25, 0.3) is 0 Å². The molecule has 0 aliphatic heterocycles. The molecule has 0 aromatic carbocycles. The highest BCUT2D eigenvalue weighted by molar-refractivity contribution is 5.40. The van der Waals surface area contributed by atoms with Crippen LogP contribution in [0.15, 0.2) is 18.3 Å². The van der Waals surface area contributed by atoms with Crippen LogP contribution < -0.4 is 4.90 Å². The van der Waals surface area contributed by atoms with Gasteiger partial charge in [-0.2, -0.15) is 13.2 Å². The average Bonchev–Trinajstić information content (AvgIpc) is 2.24. The summed E-state index contributed by atoms with van der Waals surface area (Å²) in [7, 11) is 0. The van der Waals surface area contributed by atoms with Crippen molar-refractivity contribution >= 4 is 5.82 Å². The molecule has 1 rings (SSSR count). The van der Waals surface area contributed by atoms with Crippen LogP contribution >= 0.6 is 0 Å². The van der Waals surface area contributed by atoms with Crippen LogP contribution in [0.2, 0.25) is 0 Å². The Morgan fingerprint density at radius 2 is 1.89 bits per heavy atom. The van der Waals surface area contributed by atoms with Crippen LogP contribution in [0.4, 0.5) is 19.0 Å². The second-order valence-corrected chi connectivity index (χ2v) is 4.46. The van der Waals surface area contributed by atoms with E-state index in [1.807, 2.05) is 0 Å². The van der Waals surface area contributed by atoms with Crippen LogP contribution in [-0.4, -0.2) is 28.9 Å². The number of halogens is 3. The predicted octanol–water partition coefficient (Wildman–Crippen LogP) is 2.91. The Labute approximate surface area is 104 Å². The van der Waals surface area contributed by atoms with Crippen LogP contribution in [-0.2, 0) is 0 Å². The maximum absolute atomic E-state index is 12.4.